The number of carbonyl (C=O) groups excluding carboxylic acids is 1. The van der Waals surface area contributed by atoms with Crippen molar-refractivity contribution in [1.29, 1.82) is 0 Å². The molecule has 0 bridgehead atoms. The number of likely N-dealkylation sites (tertiary alicyclic amines) is 1. The van der Waals surface area contributed by atoms with Gasteiger partial charge in [-0.1, -0.05) is 13.8 Å². The fraction of sp³-hybridized carbons (Fsp3) is 0.429. The molecule has 0 unspecified atom stereocenters. The lowest BCUT2D eigenvalue weighted by molar-refractivity contribution is -0.127. The quantitative estimate of drug-likeness (QED) is 0.867. The van der Waals surface area contributed by atoms with Gasteiger partial charge in [-0.25, -0.2) is 13.8 Å². The second kappa shape index (κ2) is 7.72. The maximum atomic E-state index is 13.4. The van der Waals surface area contributed by atoms with Crippen LogP contribution in [-0.4, -0.2) is 35.9 Å². The molecule has 144 valence electrons. The zero-order valence-electron chi connectivity index (χ0n) is 15.9. The molecular weight excluding hydrogens is 348 g/mol. The Kier molecular flexibility index (Phi) is 5.56. The maximum absolute atomic E-state index is 13.4. The average Bonchev–Trinajstić information content (AvgIpc) is 2.62. The average molecular weight is 373 g/mol. The molecule has 1 amide bonds. The van der Waals surface area contributed by atoms with Gasteiger partial charge in [-0.05, 0) is 68.7 Å². The number of anilines is 1. The summed E-state index contributed by atoms with van der Waals surface area (Å²) in [5.74, 6) is -0.580. The Morgan fingerprint density at radius 2 is 1.74 bits per heavy atom. The molecular formula is C21H25F2N3O. The van der Waals surface area contributed by atoms with Gasteiger partial charge in [0, 0.05) is 23.2 Å². The van der Waals surface area contributed by atoms with Crippen molar-refractivity contribution in [2.45, 2.75) is 26.7 Å². The van der Waals surface area contributed by atoms with Gasteiger partial charge in [-0.2, -0.15) is 0 Å². The number of aromatic nitrogens is 1. The van der Waals surface area contributed by atoms with Crippen LogP contribution < -0.4 is 5.32 Å². The minimum atomic E-state index is -0.637. The Balaban J connectivity index is 1.69. The van der Waals surface area contributed by atoms with Crippen LogP contribution >= 0.6 is 0 Å². The lowest BCUT2D eigenvalue weighted by Crippen LogP contribution is -2.43. The fourth-order valence-corrected chi connectivity index (χ4v) is 3.55. The van der Waals surface area contributed by atoms with Gasteiger partial charge in [-0.15, -0.1) is 0 Å². The SMILES string of the molecule is CN1CCC(C(C)(C)C(=O)Nc2ccc(-c3cc(F)cc(F)c3)cn2)CC1. The van der Waals surface area contributed by atoms with E-state index in [4.69, 9.17) is 0 Å². The maximum Gasteiger partial charge on any atom is 0.231 e. The van der Waals surface area contributed by atoms with Crippen LogP contribution in [0, 0.1) is 23.0 Å². The van der Waals surface area contributed by atoms with E-state index >= 15 is 0 Å². The molecule has 1 saturated heterocycles. The molecule has 1 fully saturated rings. The molecule has 0 saturated carbocycles. The molecule has 0 spiro atoms. The van der Waals surface area contributed by atoms with Crippen molar-refractivity contribution in [3.63, 3.8) is 0 Å². The molecule has 1 aliphatic heterocycles. The number of hydrogen-bond acceptors (Lipinski definition) is 3. The normalized spacial score (nSPS) is 16.3. The van der Waals surface area contributed by atoms with Crippen LogP contribution in [0.2, 0.25) is 0 Å². The molecule has 0 atom stereocenters. The zero-order valence-corrected chi connectivity index (χ0v) is 15.9. The van der Waals surface area contributed by atoms with Crippen molar-refractivity contribution in [3.05, 3.63) is 48.2 Å². The Bertz CT molecular complexity index is 792. The van der Waals surface area contributed by atoms with E-state index in [-0.39, 0.29) is 5.91 Å². The molecule has 1 N–H and O–H groups in total. The number of halogens is 2. The van der Waals surface area contributed by atoms with E-state index in [9.17, 15) is 13.6 Å². The Morgan fingerprint density at radius 1 is 1.11 bits per heavy atom. The first-order chi connectivity index (χ1) is 12.8. The van der Waals surface area contributed by atoms with Crippen molar-refractivity contribution in [3.8, 4) is 11.1 Å². The van der Waals surface area contributed by atoms with Gasteiger partial charge < -0.3 is 10.2 Å². The highest BCUT2D eigenvalue weighted by molar-refractivity contribution is 5.94. The van der Waals surface area contributed by atoms with Gasteiger partial charge in [0.25, 0.3) is 0 Å². The molecule has 1 aliphatic rings. The number of carbonyl (C=O) groups is 1. The summed E-state index contributed by atoms with van der Waals surface area (Å²) < 4.78 is 26.8. The highest BCUT2D eigenvalue weighted by atomic mass is 19.1. The number of piperidine rings is 1. The Labute approximate surface area is 158 Å². The summed E-state index contributed by atoms with van der Waals surface area (Å²) in [6, 6.07) is 6.68. The first-order valence-corrected chi connectivity index (χ1v) is 9.18. The molecule has 0 radical (unpaired) electrons. The third kappa shape index (κ3) is 4.50. The molecule has 27 heavy (non-hydrogen) atoms. The summed E-state index contributed by atoms with van der Waals surface area (Å²) in [6.07, 6.45) is 3.50. The first-order valence-electron chi connectivity index (χ1n) is 9.18. The van der Waals surface area contributed by atoms with Gasteiger partial charge in [0.15, 0.2) is 0 Å². The van der Waals surface area contributed by atoms with Gasteiger partial charge in [-0.3, -0.25) is 4.79 Å². The van der Waals surface area contributed by atoms with Crippen molar-refractivity contribution >= 4 is 11.7 Å². The summed E-state index contributed by atoms with van der Waals surface area (Å²) in [5.41, 5.74) is 0.498. The number of nitrogens with zero attached hydrogens (tertiary/aromatic N) is 2. The number of rotatable bonds is 4. The lowest BCUT2D eigenvalue weighted by Gasteiger charge is -2.38. The molecule has 1 aromatic carbocycles. The minimum Gasteiger partial charge on any atom is -0.310 e. The molecule has 3 rings (SSSR count). The Morgan fingerprint density at radius 3 is 2.30 bits per heavy atom. The summed E-state index contributed by atoms with van der Waals surface area (Å²) in [5, 5.41) is 2.88. The summed E-state index contributed by atoms with van der Waals surface area (Å²) in [4.78, 5) is 19.3. The van der Waals surface area contributed by atoms with Crippen molar-refractivity contribution in [2.75, 3.05) is 25.5 Å². The van der Waals surface area contributed by atoms with Crippen LogP contribution in [0.1, 0.15) is 26.7 Å². The third-order valence-corrected chi connectivity index (χ3v) is 5.53. The van der Waals surface area contributed by atoms with E-state index in [1.54, 1.807) is 12.1 Å². The molecule has 6 heteroatoms. The largest absolute Gasteiger partial charge is 0.310 e. The van der Waals surface area contributed by atoms with Crippen LogP contribution in [0.5, 0.6) is 0 Å². The van der Waals surface area contributed by atoms with E-state index in [2.05, 4.69) is 22.2 Å². The van der Waals surface area contributed by atoms with E-state index < -0.39 is 17.0 Å². The molecule has 0 aliphatic carbocycles. The second-order valence-corrected chi connectivity index (χ2v) is 7.84. The number of benzene rings is 1. The van der Waals surface area contributed by atoms with Crippen molar-refractivity contribution in [1.82, 2.24) is 9.88 Å². The summed E-state index contributed by atoms with van der Waals surface area (Å²) in [7, 11) is 2.10. The minimum absolute atomic E-state index is 0.0610. The predicted octanol–water partition coefficient (Wildman–Crippen LogP) is 4.33. The number of nitrogens with one attached hydrogen (secondary N) is 1. The van der Waals surface area contributed by atoms with Gasteiger partial charge in [0.05, 0.1) is 0 Å². The monoisotopic (exact) mass is 373 g/mol. The predicted molar refractivity (Wildman–Crippen MR) is 102 cm³/mol. The summed E-state index contributed by atoms with van der Waals surface area (Å²) in [6.45, 7) is 5.95. The van der Waals surface area contributed by atoms with Gasteiger partial charge in [0.2, 0.25) is 5.91 Å². The fourth-order valence-electron chi connectivity index (χ4n) is 3.55. The highest BCUT2D eigenvalue weighted by Crippen LogP contribution is 2.35. The van der Waals surface area contributed by atoms with E-state index in [1.165, 1.54) is 18.3 Å². The highest BCUT2D eigenvalue weighted by Gasteiger charge is 2.38. The van der Waals surface area contributed by atoms with Gasteiger partial charge >= 0.3 is 0 Å². The van der Waals surface area contributed by atoms with Crippen LogP contribution in [0.3, 0.4) is 0 Å². The van der Waals surface area contributed by atoms with Gasteiger partial charge in [0.1, 0.15) is 17.5 Å². The second-order valence-electron chi connectivity index (χ2n) is 7.84. The van der Waals surface area contributed by atoms with Crippen molar-refractivity contribution < 1.29 is 13.6 Å². The topological polar surface area (TPSA) is 45.2 Å². The molecule has 2 aromatic rings. The number of pyridine rings is 1. The molecule has 1 aromatic heterocycles. The lowest BCUT2D eigenvalue weighted by atomic mass is 9.73. The van der Waals surface area contributed by atoms with Crippen molar-refractivity contribution in [2.24, 2.45) is 11.3 Å². The van der Waals surface area contributed by atoms with Crippen LogP contribution in [0.4, 0.5) is 14.6 Å². The number of hydrogen-bond donors (Lipinski definition) is 1. The van der Waals surface area contributed by atoms with E-state index in [0.29, 0.717) is 22.9 Å². The third-order valence-electron chi connectivity index (χ3n) is 5.53. The molecule has 4 nitrogen and oxygen atoms in total. The number of amides is 1. The Hall–Kier alpha value is -2.34. The standard InChI is InChI=1S/C21H25F2N3O/c1-21(2,16-6-8-26(3)9-7-16)20(27)25-19-5-4-14(13-24-19)15-10-17(22)12-18(23)11-15/h4-5,10-13,16H,6-9H2,1-3H3,(H,24,25,27). The van der Waals surface area contributed by atoms with E-state index in [0.717, 1.165) is 32.0 Å². The van der Waals surface area contributed by atoms with Crippen LogP contribution in [0.25, 0.3) is 11.1 Å². The summed E-state index contributed by atoms with van der Waals surface area (Å²) >= 11 is 0. The molecule has 2 heterocycles. The van der Waals surface area contributed by atoms with Crippen LogP contribution in [0.15, 0.2) is 36.5 Å². The van der Waals surface area contributed by atoms with E-state index in [1.807, 2.05) is 13.8 Å². The van der Waals surface area contributed by atoms with Crippen LogP contribution in [-0.2, 0) is 4.79 Å². The smallest absolute Gasteiger partial charge is 0.231 e. The first kappa shape index (κ1) is 19.4. The zero-order chi connectivity index (χ0) is 19.6.